The lowest BCUT2D eigenvalue weighted by molar-refractivity contribution is -0.120. The maximum atomic E-state index is 12.4. The smallest absolute Gasteiger partial charge is 0.253 e. The number of anilines is 1. The van der Waals surface area contributed by atoms with Gasteiger partial charge in [-0.3, -0.25) is 4.79 Å². The highest BCUT2D eigenvalue weighted by atomic mass is 35.5. The van der Waals surface area contributed by atoms with Crippen LogP contribution in [0, 0.1) is 0 Å². The number of aromatic nitrogens is 3. The molecule has 32 heavy (non-hydrogen) atoms. The fourth-order valence-electron chi connectivity index (χ4n) is 2.66. The van der Waals surface area contributed by atoms with Crippen LogP contribution in [0.5, 0.6) is 5.75 Å². The number of nitrogens with one attached hydrogen (secondary N) is 2. The molecule has 0 bridgehead atoms. The molecule has 10 heteroatoms. The Balaban J connectivity index is 1.61. The zero-order valence-corrected chi connectivity index (χ0v) is 19.0. The molecular weight excluding hydrogens is 448 g/mol. The van der Waals surface area contributed by atoms with E-state index in [1.54, 1.807) is 37.3 Å². The summed E-state index contributed by atoms with van der Waals surface area (Å²) in [7, 11) is 0. The standard InChI is InChI=1S/C22H23ClN6O2S/c1-3-12-29-20(14-24-18-10-8-17(23)9-11-18)26-28-22(29)32-15(2)21(31)27-25-13-16-6-4-5-7-19(16)30/h3-11,13,15,24,30H,1,12,14H2,2H3,(H,27,31)/b25-13+/t15-/m0/s1. The van der Waals surface area contributed by atoms with E-state index in [0.717, 1.165) is 5.69 Å². The number of phenolic OH excluding ortho intramolecular Hbond substituents is 1. The molecule has 0 saturated heterocycles. The van der Waals surface area contributed by atoms with Gasteiger partial charge in [-0.05, 0) is 43.3 Å². The summed E-state index contributed by atoms with van der Waals surface area (Å²) in [5.41, 5.74) is 3.91. The predicted octanol–water partition coefficient (Wildman–Crippen LogP) is 4.07. The lowest BCUT2D eigenvalue weighted by Gasteiger charge is -2.12. The Morgan fingerprint density at radius 1 is 1.28 bits per heavy atom. The molecule has 0 radical (unpaired) electrons. The molecule has 0 saturated carbocycles. The number of para-hydroxylation sites is 1. The number of benzene rings is 2. The van der Waals surface area contributed by atoms with Crippen molar-refractivity contribution in [2.24, 2.45) is 5.10 Å². The number of aromatic hydroxyl groups is 1. The van der Waals surface area contributed by atoms with Crippen LogP contribution < -0.4 is 10.7 Å². The van der Waals surface area contributed by atoms with Gasteiger partial charge in [-0.1, -0.05) is 41.6 Å². The number of phenols is 1. The number of carbonyl (C=O) groups excluding carboxylic acids is 1. The second-order valence-corrected chi connectivity index (χ2v) is 8.46. The number of rotatable bonds is 10. The van der Waals surface area contributed by atoms with Crippen molar-refractivity contribution in [1.29, 1.82) is 0 Å². The van der Waals surface area contributed by atoms with E-state index < -0.39 is 5.25 Å². The minimum Gasteiger partial charge on any atom is -0.507 e. The summed E-state index contributed by atoms with van der Waals surface area (Å²) in [5.74, 6) is 0.508. The molecule has 166 valence electrons. The van der Waals surface area contributed by atoms with Crippen LogP contribution in [-0.4, -0.2) is 37.2 Å². The normalized spacial score (nSPS) is 11.9. The molecule has 3 rings (SSSR count). The fraction of sp³-hybridized carbons (Fsp3) is 0.182. The summed E-state index contributed by atoms with van der Waals surface area (Å²) < 4.78 is 1.90. The lowest BCUT2D eigenvalue weighted by atomic mass is 10.2. The van der Waals surface area contributed by atoms with Crippen molar-refractivity contribution in [1.82, 2.24) is 20.2 Å². The summed E-state index contributed by atoms with van der Waals surface area (Å²) in [4.78, 5) is 12.4. The van der Waals surface area contributed by atoms with Gasteiger partial charge in [0.15, 0.2) is 11.0 Å². The third-order valence-corrected chi connectivity index (χ3v) is 5.70. The molecule has 0 aliphatic carbocycles. The van der Waals surface area contributed by atoms with E-state index in [4.69, 9.17) is 11.6 Å². The van der Waals surface area contributed by atoms with Crippen LogP contribution in [0.1, 0.15) is 18.3 Å². The Kier molecular flexibility index (Phi) is 8.29. The zero-order chi connectivity index (χ0) is 22.9. The molecule has 3 aromatic rings. The van der Waals surface area contributed by atoms with Gasteiger partial charge in [-0.15, -0.1) is 16.8 Å². The zero-order valence-electron chi connectivity index (χ0n) is 17.4. The summed E-state index contributed by atoms with van der Waals surface area (Å²) in [6.45, 7) is 6.51. The van der Waals surface area contributed by atoms with Crippen LogP contribution >= 0.6 is 23.4 Å². The lowest BCUT2D eigenvalue weighted by Crippen LogP contribution is -2.27. The van der Waals surface area contributed by atoms with Crippen molar-refractivity contribution in [3.05, 3.63) is 77.6 Å². The molecule has 8 nitrogen and oxygen atoms in total. The third-order valence-electron chi connectivity index (χ3n) is 4.37. The first-order valence-electron chi connectivity index (χ1n) is 9.78. The number of allylic oxidation sites excluding steroid dienone is 1. The first-order chi connectivity index (χ1) is 15.5. The fourth-order valence-corrected chi connectivity index (χ4v) is 3.66. The second-order valence-electron chi connectivity index (χ2n) is 6.71. The molecule has 1 heterocycles. The number of hydrazone groups is 1. The van der Waals surface area contributed by atoms with E-state index in [-0.39, 0.29) is 11.7 Å². The number of carbonyl (C=O) groups is 1. The summed E-state index contributed by atoms with van der Waals surface area (Å²) in [6, 6.07) is 14.1. The van der Waals surface area contributed by atoms with Crippen molar-refractivity contribution in [3.63, 3.8) is 0 Å². The maximum absolute atomic E-state index is 12.4. The Bertz CT molecular complexity index is 1100. The second kappa shape index (κ2) is 11.4. The average molecular weight is 471 g/mol. The average Bonchev–Trinajstić information content (AvgIpc) is 3.16. The van der Waals surface area contributed by atoms with Crippen molar-refractivity contribution in [3.8, 4) is 5.75 Å². The van der Waals surface area contributed by atoms with Gasteiger partial charge >= 0.3 is 0 Å². The van der Waals surface area contributed by atoms with Crippen LogP contribution in [0.2, 0.25) is 5.02 Å². The molecule has 1 aromatic heterocycles. The topological polar surface area (TPSA) is 104 Å². The monoisotopic (exact) mass is 470 g/mol. The summed E-state index contributed by atoms with van der Waals surface area (Å²) in [6.07, 6.45) is 3.14. The van der Waals surface area contributed by atoms with Gasteiger partial charge in [0.2, 0.25) is 0 Å². The van der Waals surface area contributed by atoms with Gasteiger partial charge in [0.1, 0.15) is 5.75 Å². The number of halogens is 1. The molecule has 2 aromatic carbocycles. The molecule has 0 fully saturated rings. The largest absolute Gasteiger partial charge is 0.507 e. The molecule has 1 amide bonds. The Hall–Kier alpha value is -3.30. The van der Waals surface area contributed by atoms with E-state index in [1.807, 2.05) is 28.8 Å². The molecule has 0 aliphatic rings. The third kappa shape index (κ3) is 6.35. The van der Waals surface area contributed by atoms with E-state index in [9.17, 15) is 9.90 Å². The van der Waals surface area contributed by atoms with Crippen molar-refractivity contribution >= 4 is 41.2 Å². The van der Waals surface area contributed by atoms with Crippen LogP contribution in [0.15, 0.2) is 71.4 Å². The number of thioether (sulfide) groups is 1. The van der Waals surface area contributed by atoms with Crippen LogP contribution in [0.25, 0.3) is 0 Å². The minimum absolute atomic E-state index is 0.0881. The molecule has 0 spiro atoms. The highest BCUT2D eigenvalue weighted by Crippen LogP contribution is 2.23. The molecule has 0 aliphatic heterocycles. The van der Waals surface area contributed by atoms with Crippen molar-refractivity contribution in [2.45, 2.75) is 30.4 Å². The SMILES string of the molecule is C=CCn1c(CNc2ccc(Cl)cc2)nnc1S[C@@H](C)C(=O)N/N=C/c1ccccc1O. The van der Waals surface area contributed by atoms with Crippen molar-refractivity contribution in [2.75, 3.05) is 5.32 Å². The van der Waals surface area contributed by atoms with E-state index in [1.165, 1.54) is 18.0 Å². The van der Waals surface area contributed by atoms with E-state index >= 15 is 0 Å². The van der Waals surface area contributed by atoms with E-state index in [0.29, 0.717) is 34.7 Å². The predicted molar refractivity (Wildman–Crippen MR) is 128 cm³/mol. The van der Waals surface area contributed by atoms with Crippen LogP contribution in [-0.2, 0) is 17.9 Å². The first kappa shape index (κ1) is 23.4. The number of hydrogen-bond acceptors (Lipinski definition) is 7. The number of amides is 1. The van der Waals surface area contributed by atoms with Crippen molar-refractivity contribution < 1.29 is 9.90 Å². The molecular formula is C22H23ClN6O2S. The van der Waals surface area contributed by atoms with E-state index in [2.05, 4.69) is 32.6 Å². The molecule has 1 atom stereocenters. The molecule has 0 unspecified atom stereocenters. The van der Waals surface area contributed by atoms with Gasteiger partial charge in [0.25, 0.3) is 5.91 Å². The van der Waals surface area contributed by atoms with Gasteiger partial charge < -0.3 is 15.0 Å². The maximum Gasteiger partial charge on any atom is 0.253 e. The van der Waals surface area contributed by atoms with Gasteiger partial charge in [-0.2, -0.15) is 5.10 Å². The van der Waals surface area contributed by atoms with Gasteiger partial charge in [0, 0.05) is 22.8 Å². The highest BCUT2D eigenvalue weighted by molar-refractivity contribution is 8.00. The number of nitrogens with zero attached hydrogens (tertiary/aromatic N) is 4. The quantitative estimate of drug-likeness (QED) is 0.178. The Morgan fingerprint density at radius 2 is 2.03 bits per heavy atom. The van der Waals surface area contributed by atoms with Crippen LogP contribution in [0.4, 0.5) is 5.69 Å². The summed E-state index contributed by atoms with van der Waals surface area (Å²) >= 11 is 7.20. The van der Waals surface area contributed by atoms with Crippen LogP contribution in [0.3, 0.4) is 0 Å². The summed E-state index contributed by atoms with van der Waals surface area (Å²) in [5, 5.41) is 26.2. The minimum atomic E-state index is -0.471. The number of hydrogen-bond donors (Lipinski definition) is 3. The molecule has 3 N–H and O–H groups in total. The Labute approximate surface area is 195 Å². The first-order valence-corrected chi connectivity index (χ1v) is 11.0. The van der Waals surface area contributed by atoms with Gasteiger partial charge in [-0.25, -0.2) is 5.43 Å². The van der Waals surface area contributed by atoms with Gasteiger partial charge in [0.05, 0.1) is 18.0 Å². The highest BCUT2D eigenvalue weighted by Gasteiger charge is 2.19. The Morgan fingerprint density at radius 3 is 2.75 bits per heavy atom.